The zero-order valence-corrected chi connectivity index (χ0v) is 23.4. The number of aromatic nitrogens is 2. The maximum atomic E-state index is 3.22. The molecule has 2 aromatic rings. The van der Waals surface area contributed by atoms with Crippen LogP contribution in [0.2, 0.25) is 0 Å². The number of piperidine rings is 2. The van der Waals surface area contributed by atoms with E-state index in [1.54, 1.807) is 0 Å². The average Bonchev–Trinajstić information content (AvgIpc) is 3.33. The Bertz CT molecular complexity index is 721. The molecule has 0 spiro atoms. The normalized spacial score (nSPS) is 30.1. The molecule has 0 radical (unpaired) electrons. The van der Waals surface area contributed by atoms with Crippen LogP contribution in [-0.4, -0.2) is 31.7 Å². The third-order valence-corrected chi connectivity index (χ3v) is 8.47. The number of hydrogen-bond donors (Lipinski definition) is 2. The third kappa shape index (κ3) is 8.70. The lowest BCUT2D eigenvalue weighted by molar-refractivity contribution is -0.935. The molecule has 6 saturated heterocycles. The van der Waals surface area contributed by atoms with Crippen molar-refractivity contribution in [3.05, 3.63) is 60.2 Å². The second-order valence-corrected chi connectivity index (χ2v) is 10.1. The Morgan fingerprint density at radius 2 is 0.914 bits per heavy atom. The van der Waals surface area contributed by atoms with Gasteiger partial charge < -0.3 is 64.9 Å². The summed E-state index contributed by atoms with van der Waals surface area (Å²) in [6, 6.07) is 10.4. The third-order valence-electron chi connectivity index (χ3n) is 8.47. The Labute approximate surface area is 235 Å². The van der Waals surface area contributed by atoms with Crippen LogP contribution in [0.1, 0.15) is 74.6 Å². The summed E-state index contributed by atoms with van der Waals surface area (Å²) >= 11 is 0. The van der Waals surface area contributed by atoms with Crippen molar-refractivity contribution in [2.75, 3.05) is 26.2 Å². The van der Waals surface area contributed by atoms with Gasteiger partial charge in [-0.25, -0.2) is 9.97 Å². The van der Waals surface area contributed by atoms with Crippen molar-refractivity contribution in [3.8, 4) is 0 Å². The molecule has 5 nitrogen and oxygen atoms in total. The molecule has 6 fully saturated rings. The fraction of sp³-hybridized carbons (Fsp3) is 0.615. The Balaban J connectivity index is 0.000000578. The maximum Gasteiger partial charge on any atom is 0.176 e. The van der Waals surface area contributed by atoms with Crippen molar-refractivity contribution >= 4 is 0 Å². The van der Waals surface area contributed by atoms with Gasteiger partial charge in [0.1, 0.15) is 12.1 Å². The highest BCUT2D eigenvalue weighted by Crippen LogP contribution is 2.28. The summed E-state index contributed by atoms with van der Waals surface area (Å²) < 4.78 is 0. The predicted octanol–water partition coefficient (Wildman–Crippen LogP) is -11.5. The van der Waals surface area contributed by atoms with Gasteiger partial charge in [-0.05, 0) is 62.5 Å². The lowest BCUT2D eigenvalue weighted by Gasteiger charge is -2.28. The zero-order valence-electron chi connectivity index (χ0n) is 20.4. The van der Waals surface area contributed by atoms with E-state index in [4.69, 9.17) is 0 Å². The fourth-order valence-electron chi connectivity index (χ4n) is 6.64. The monoisotopic (exact) mass is 566 g/mol. The molecule has 0 amide bonds. The number of aromatic amines is 2. The highest BCUT2D eigenvalue weighted by Gasteiger charge is 2.35. The first kappa shape index (κ1) is 34.3. The number of rotatable bonds is 2. The first-order chi connectivity index (χ1) is 14.9. The van der Waals surface area contributed by atoms with Crippen LogP contribution in [0, 0.1) is 11.8 Å². The molecule has 2 aromatic heterocycles. The van der Waals surface area contributed by atoms with Gasteiger partial charge in [0.05, 0.1) is 37.3 Å². The highest BCUT2D eigenvalue weighted by atomic mass is 35.5. The van der Waals surface area contributed by atoms with Gasteiger partial charge >= 0.3 is 0 Å². The molecule has 6 N–H and O–H groups in total. The standard InChI is InChI=1S/2C13H18N2.4ClH.H2O/c2*1-2-12(10-14-7-1)13-4-3-11-5-8-15(13)9-6-11;;;;;/h2*1-2,7,10-11,13H,3-6,8-9H2;4*1H;1H2/t2*13-;;;;;/m00...../s1. The van der Waals surface area contributed by atoms with Gasteiger partial charge in [0.25, 0.3) is 0 Å². The predicted molar refractivity (Wildman–Crippen MR) is 120 cm³/mol. The Morgan fingerprint density at radius 1 is 0.543 bits per heavy atom. The van der Waals surface area contributed by atoms with Gasteiger partial charge in [0, 0.05) is 25.0 Å². The van der Waals surface area contributed by atoms with Gasteiger partial charge in [0.2, 0.25) is 0 Å². The van der Waals surface area contributed by atoms with Gasteiger partial charge in [-0.2, -0.15) is 0 Å². The van der Waals surface area contributed by atoms with Crippen LogP contribution in [0.15, 0.2) is 49.1 Å². The average molecular weight is 568 g/mol. The van der Waals surface area contributed by atoms with E-state index >= 15 is 0 Å². The second-order valence-electron chi connectivity index (χ2n) is 10.1. The quantitative estimate of drug-likeness (QED) is 0.362. The molecule has 8 rings (SSSR count). The molecule has 35 heavy (non-hydrogen) atoms. The minimum Gasteiger partial charge on any atom is -1.00 e. The molecule has 0 aliphatic carbocycles. The van der Waals surface area contributed by atoms with E-state index in [1.165, 1.54) is 88.7 Å². The minimum absolute atomic E-state index is 0. The number of nitrogens with one attached hydrogen (secondary N) is 4. The molecule has 200 valence electrons. The maximum absolute atomic E-state index is 3.22. The van der Waals surface area contributed by atoms with Crippen LogP contribution in [-0.2, 0) is 0 Å². The molecule has 0 aromatic carbocycles. The van der Waals surface area contributed by atoms with E-state index < -0.39 is 0 Å². The Kier molecular flexibility index (Phi) is 16.6. The summed E-state index contributed by atoms with van der Waals surface area (Å²) in [5.74, 6) is 2.07. The van der Waals surface area contributed by atoms with Crippen LogP contribution in [0.5, 0.6) is 0 Å². The molecule has 4 bridgehead atoms. The molecule has 0 saturated carbocycles. The van der Waals surface area contributed by atoms with Crippen LogP contribution in [0.25, 0.3) is 0 Å². The highest BCUT2D eigenvalue weighted by molar-refractivity contribution is 5.10. The van der Waals surface area contributed by atoms with Crippen molar-refractivity contribution in [1.29, 1.82) is 0 Å². The van der Waals surface area contributed by atoms with Gasteiger partial charge in [-0.3, -0.25) is 0 Å². The molecular formula is C26H42Cl4N4O. The molecule has 6 aliphatic rings. The van der Waals surface area contributed by atoms with Crippen LogP contribution in [0.4, 0.5) is 0 Å². The summed E-state index contributed by atoms with van der Waals surface area (Å²) in [4.78, 5) is 10.1. The van der Waals surface area contributed by atoms with Crippen molar-refractivity contribution < 1.29 is 74.9 Å². The molecule has 8 heterocycles. The van der Waals surface area contributed by atoms with E-state index in [9.17, 15) is 0 Å². The van der Waals surface area contributed by atoms with E-state index in [2.05, 4.69) is 46.6 Å². The van der Waals surface area contributed by atoms with E-state index in [0.717, 1.165) is 23.9 Å². The lowest BCUT2D eigenvalue weighted by Crippen LogP contribution is -3.12. The first-order valence-corrected chi connectivity index (χ1v) is 12.5. The molecule has 0 unspecified atom stereocenters. The summed E-state index contributed by atoms with van der Waals surface area (Å²) in [6.07, 6.45) is 19.9. The molecule has 9 heteroatoms. The van der Waals surface area contributed by atoms with E-state index in [1.807, 2.05) is 22.2 Å². The molecule has 6 aliphatic heterocycles. The van der Waals surface area contributed by atoms with Crippen LogP contribution in [0.3, 0.4) is 0 Å². The van der Waals surface area contributed by atoms with E-state index in [0.29, 0.717) is 0 Å². The van der Waals surface area contributed by atoms with Gasteiger partial charge in [-0.15, -0.1) is 0 Å². The lowest BCUT2D eigenvalue weighted by atomic mass is 9.95. The summed E-state index contributed by atoms with van der Waals surface area (Å²) in [6.45, 7) is 5.57. The summed E-state index contributed by atoms with van der Waals surface area (Å²) in [7, 11) is 0. The van der Waals surface area contributed by atoms with E-state index in [-0.39, 0.29) is 55.1 Å². The summed E-state index contributed by atoms with van der Waals surface area (Å²) in [5, 5.41) is 0. The summed E-state index contributed by atoms with van der Waals surface area (Å²) in [5.41, 5.74) is 3.02. The number of halogens is 4. The Morgan fingerprint density at radius 3 is 1.23 bits per heavy atom. The molecule has 2 atom stereocenters. The number of fused-ring (bicyclic) bond motifs is 8. The fourth-order valence-corrected chi connectivity index (χ4v) is 6.64. The SMILES string of the molecule is O.[Cl-].[Cl-].[Cl-].[Cl-].c1c[nH+]cc([C@@H]2CCC3CC[NH+]2CC3)c1.c1c[nH+]cc([C@@H]2CCC3CC[NH+]2CC3)c1. The van der Waals surface area contributed by atoms with Crippen LogP contribution < -0.4 is 69.4 Å². The number of pyridine rings is 2. The number of quaternary nitrogens is 2. The number of H-pyrrole nitrogens is 2. The zero-order chi connectivity index (χ0) is 20.2. The molecular weight excluding hydrogens is 526 g/mol. The van der Waals surface area contributed by atoms with Crippen molar-refractivity contribution in [2.24, 2.45) is 11.8 Å². The first-order valence-electron chi connectivity index (χ1n) is 12.5. The van der Waals surface area contributed by atoms with Crippen molar-refractivity contribution in [3.63, 3.8) is 0 Å². The second kappa shape index (κ2) is 17.0. The topological polar surface area (TPSA) is 68.7 Å². The Hall–Kier alpha value is -0.660. The van der Waals surface area contributed by atoms with Crippen LogP contribution >= 0.6 is 0 Å². The smallest absolute Gasteiger partial charge is 0.176 e. The van der Waals surface area contributed by atoms with Crippen molar-refractivity contribution in [1.82, 2.24) is 0 Å². The van der Waals surface area contributed by atoms with Crippen molar-refractivity contribution in [2.45, 2.75) is 63.5 Å². The number of hydrogen-bond acceptors (Lipinski definition) is 0. The van der Waals surface area contributed by atoms with Gasteiger partial charge in [-0.1, -0.05) is 0 Å². The minimum atomic E-state index is 0. The largest absolute Gasteiger partial charge is 1.00 e. The van der Waals surface area contributed by atoms with Gasteiger partial charge in [0.15, 0.2) is 24.8 Å².